The topological polar surface area (TPSA) is 72.2 Å². The average molecular weight is 236 g/mol. The van der Waals surface area contributed by atoms with Gasteiger partial charge in [0.15, 0.2) is 0 Å². The SMILES string of the molecule is CCC(C)CC(CCCS(C)(=O)=O)NN. The summed E-state index contributed by atoms with van der Waals surface area (Å²) < 4.78 is 21.9. The van der Waals surface area contributed by atoms with Crippen molar-refractivity contribution in [3.63, 3.8) is 0 Å². The maximum atomic E-state index is 10.9. The smallest absolute Gasteiger partial charge is 0.147 e. The van der Waals surface area contributed by atoms with Crippen LogP contribution in [0.4, 0.5) is 0 Å². The Balaban J connectivity index is 3.80. The van der Waals surface area contributed by atoms with Gasteiger partial charge in [-0.25, -0.2) is 8.42 Å². The molecule has 0 aliphatic heterocycles. The second kappa shape index (κ2) is 7.19. The third kappa shape index (κ3) is 8.84. The molecular formula is C10H24N2O2S. The first-order valence-electron chi connectivity index (χ1n) is 5.53. The van der Waals surface area contributed by atoms with E-state index in [1.165, 1.54) is 6.26 Å². The van der Waals surface area contributed by atoms with Crippen LogP contribution in [0.3, 0.4) is 0 Å². The maximum Gasteiger partial charge on any atom is 0.147 e. The summed E-state index contributed by atoms with van der Waals surface area (Å²) in [5.41, 5.74) is 2.76. The Bertz CT molecular complexity index is 252. The van der Waals surface area contributed by atoms with E-state index in [0.29, 0.717) is 12.3 Å². The zero-order valence-electron chi connectivity index (χ0n) is 9.99. The van der Waals surface area contributed by atoms with Crippen LogP contribution in [0, 0.1) is 5.92 Å². The number of nitrogens with one attached hydrogen (secondary N) is 1. The first kappa shape index (κ1) is 14.9. The van der Waals surface area contributed by atoms with E-state index >= 15 is 0 Å². The molecule has 2 atom stereocenters. The lowest BCUT2D eigenvalue weighted by molar-refractivity contribution is 0.379. The fraction of sp³-hybridized carbons (Fsp3) is 1.00. The van der Waals surface area contributed by atoms with Crippen LogP contribution in [-0.2, 0) is 9.84 Å². The van der Waals surface area contributed by atoms with Gasteiger partial charge in [-0.1, -0.05) is 20.3 Å². The molecule has 0 amide bonds. The van der Waals surface area contributed by atoms with Crippen molar-refractivity contribution >= 4 is 9.84 Å². The number of hydrogen-bond acceptors (Lipinski definition) is 4. The van der Waals surface area contributed by atoms with Gasteiger partial charge in [0.05, 0.1) is 0 Å². The van der Waals surface area contributed by atoms with Gasteiger partial charge in [-0.15, -0.1) is 0 Å². The van der Waals surface area contributed by atoms with Crippen LogP contribution < -0.4 is 11.3 Å². The summed E-state index contributed by atoms with van der Waals surface area (Å²) in [6.07, 6.45) is 4.92. The minimum absolute atomic E-state index is 0.238. The molecule has 0 rings (SSSR count). The van der Waals surface area contributed by atoms with Crippen molar-refractivity contribution < 1.29 is 8.42 Å². The summed E-state index contributed by atoms with van der Waals surface area (Å²) in [6.45, 7) is 4.33. The predicted octanol–water partition coefficient (Wildman–Crippen LogP) is 1.08. The molecule has 0 aliphatic rings. The zero-order chi connectivity index (χ0) is 11.9. The van der Waals surface area contributed by atoms with Crippen LogP contribution >= 0.6 is 0 Å². The van der Waals surface area contributed by atoms with Gasteiger partial charge < -0.3 is 0 Å². The lowest BCUT2D eigenvalue weighted by Crippen LogP contribution is -2.36. The van der Waals surface area contributed by atoms with E-state index in [1.807, 2.05) is 0 Å². The molecule has 15 heavy (non-hydrogen) atoms. The molecule has 0 saturated carbocycles. The van der Waals surface area contributed by atoms with Crippen molar-refractivity contribution in [2.24, 2.45) is 11.8 Å². The first-order chi connectivity index (χ1) is 6.89. The van der Waals surface area contributed by atoms with Gasteiger partial charge in [-0.2, -0.15) is 0 Å². The summed E-state index contributed by atoms with van der Waals surface area (Å²) in [7, 11) is -2.83. The normalized spacial score (nSPS) is 16.3. The Kier molecular flexibility index (Phi) is 7.13. The minimum atomic E-state index is -2.83. The van der Waals surface area contributed by atoms with Crippen molar-refractivity contribution in [1.82, 2.24) is 5.43 Å². The molecular weight excluding hydrogens is 212 g/mol. The molecule has 5 heteroatoms. The van der Waals surface area contributed by atoms with E-state index in [0.717, 1.165) is 19.3 Å². The molecule has 0 aliphatic carbocycles. The summed E-state index contributed by atoms with van der Waals surface area (Å²) in [4.78, 5) is 0. The van der Waals surface area contributed by atoms with Gasteiger partial charge >= 0.3 is 0 Å². The van der Waals surface area contributed by atoms with Crippen molar-refractivity contribution in [1.29, 1.82) is 0 Å². The van der Waals surface area contributed by atoms with Crippen LogP contribution in [0.15, 0.2) is 0 Å². The molecule has 0 aromatic carbocycles. The van der Waals surface area contributed by atoms with E-state index < -0.39 is 9.84 Å². The van der Waals surface area contributed by atoms with Crippen LogP contribution in [0.1, 0.15) is 39.5 Å². The van der Waals surface area contributed by atoms with E-state index in [-0.39, 0.29) is 11.8 Å². The lowest BCUT2D eigenvalue weighted by atomic mass is 9.97. The Hall–Kier alpha value is -0.130. The number of sulfone groups is 1. The molecule has 0 heterocycles. The van der Waals surface area contributed by atoms with Gasteiger partial charge in [0.2, 0.25) is 0 Å². The number of hydrogen-bond donors (Lipinski definition) is 2. The minimum Gasteiger partial charge on any atom is -0.271 e. The summed E-state index contributed by atoms with van der Waals surface area (Å²) in [5.74, 6) is 6.31. The quantitative estimate of drug-likeness (QED) is 0.488. The number of hydrazine groups is 1. The molecule has 0 bridgehead atoms. The van der Waals surface area contributed by atoms with Crippen molar-refractivity contribution in [2.75, 3.05) is 12.0 Å². The van der Waals surface area contributed by atoms with E-state index in [9.17, 15) is 8.42 Å². The molecule has 0 saturated heterocycles. The molecule has 0 aromatic rings. The van der Waals surface area contributed by atoms with Gasteiger partial charge in [-0.05, 0) is 25.2 Å². The second-order valence-corrected chi connectivity index (χ2v) is 6.64. The molecule has 2 unspecified atom stereocenters. The molecule has 92 valence electrons. The van der Waals surface area contributed by atoms with Crippen LogP contribution in [-0.4, -0.2) is 26.5 Å². The van der Waals surface area contributed by atoms with Gasteiger partial charge in [-0.3, -0.25) is 11.3 Å². The Morgan fingerprint density at radius 1 is 1.40 bits per heavy atom. The predicted molar refractivity (Wildman–Crippen MR) is 64.1 cm³/mol. The molecule has 0 radical (unpaired) electrons. The molecule has 0 fully saturated rings. The highest BCUT2D eigenvalue weighted by Gasteiger charge is 2.11. The van der Waals surface area contributed by atoms with Crippen LogP contribution in [0.2, 0.25) is 0 Å². The first-order valence-corrected chi connectivity index (χ1v) is 7.59. The summed E-state index contributed by atoms with van der Waals surface area (Å²) >= 11 is 0. The third-order valence-corrected chi connectivity index (χ3v) is 3.72. The van der Waals surface area contributed by atoms with Gasteiger partial charge in [0.25, 0.3) is 0 Å². The highest BCUT2D eigenvalue weighted by molar-refractivity contribution is 7.90. The molecule has 3 N–H and O–H groups in total. The summed E-state index contributed by atoms with van der Waals surface area (Å²) in [5, 5.41) is 0. The third-order valence-electron chi connectivity index (χ3n) is 2.69. The van der Waals surface area contributed by atoms with E-state index in [1.54, 1.807) is 0 Å². The molecule has 0 spiro atoms. The second-order valence-electron chi connectivity index (χ2n) is 4.38. The number of nitrogens with two attached hydrogens (primary N) is 1. The standard InChI is InChI=1S/C10H24N2O2S/c1-4-9(2)8-10(12-11)6-5-7-15(3,13)14/h9-10,12H,4-8,11H2,1-3H3. The maximum absolute atomic E-state index is 10.9. The van der Waals surface area contributed by atoms with E-state index in [4.69, 9.17) is 5.84 Å². The molecule has 0 aromatic heterocycles. The van der Waals surface area contributed by atoms with Crippen molar-refractivity contribution in [2.45, 2.75) is 45.6 Å². The lowest BCUT2D eigenvalue weighted by Gasteiger charge is -2.19. The fourth-order valence-corrected chi connectivity index (χ4v) is 2.20. The fourth-order valence-electron chi connectivity index (χ4n) is 1.51. The monoisotopic (exact) mass is 236 g/mol. The largest absolute Gasteiger partial charge is 0.271 e. The van der Waals surface area contributed by atoms with Crippen LogP contribution in [0.25, 0.3) is 0 Å². The van der Waals surface area contributed by atoms with Gasteiger partial charge in [0, 0.05) is 18.1 Å². The molecule has 4 nitrogen and oxygen atoms in total. The Labute approximate surface area is 93.5 Å². The van der Waals surface area contributed by atoms with Crippen molar-refractivity contribution in [3.8, 4) is 0 Å². The van der Waals surface area contributed by atoms with Crippen molar-refractivity contribution in [3.05, 3.63) is 0 Å². The average Bonchev–Trinajstić information content (AvgIpc) is 2.14. The Morgan fingerprint density at radius 3 is 2.40 bits per heavy atom. The summed E-state index contributed by atoms with van der Waals surface area (Å²) in [6, 6.07) is 0.238. The zero-order valence-corrected chi connectivity index (χ0v) is 10.8. The van der Waals surface area contributed by atoms with Gasteiger partial charge in [0.1, 0.15) is 9.84 Å². The highest BCUT2D eigenvalue weighted by Crippen LogP contribution is 2.13. The van der Waals surface area contributed by atoms with Crippen LogP contribution in [0.5, 0.6) is 0 Å². The van der Waals surface area contributed by atoms with E-state index in [2.05, 4.69) is 19.3 Å². The number of rotatable bonds is 8. The highest BCUT2D eigenvalue weighted by atomic mass is 32.2. The Morgan fingerprint density at radius 2 is 2.00 bits per heavy atom.